The normalized spacial score (nSPS) is 14.1. The summed E-state index contributed by atoms with van der Waals surface area (Å²) in [6.45, 7) is 9.47. The van der Waals surface area contributed by atoms with Crippen LogP contribution in [0.1, 0.15) is 35.6 Å². The van der Waals surface area contributed by atoms with Crippen molar-refractivity contribution in [2.45, 2.75) is 34.1 Å². The highest BCUT2D eigenvalue weighted by molar-refractivity contribution is 6.36. The molecule has 0 unspecified atom stereocenters. The van der Waals surface area contributed by atoms with Gasteiger partial charge in [0.15, 0.2) is 0 Å². The average Bonchev–Trinajstić information content (AvgIpc) is 2.93. The number of aryl methyl sites for hydroxylation is 3. The van der Waals surface area contributed by atoms with Crippen LogP contribution in [0.2, 0.25) is 0 Å². The molecule has 29 heavy (non-hydrogen) atoms. The summed E-state index contributed by atoms with van der Waals surface area (Å²) >= 11 is 0. The fourth-order valence-corrected chi connectivity index (χ4v) is 3.32. The van der Waals surface area contributed by atoms with Gasteiger partial charge in [-0.05, 0) is 62.9 Å². The standard InChI is InChI=1S/C24H28N2O3/c1-5-29-14-6-13-26-23(27)21(19-10-7-16(2)8-11-19)22(24(26)28)25-20-12-9-17(3)18(4)15-20/h7-12,15,25H,5-6,13-14H2,1-4H3. The Kier molecular flexibility index (Phi) is 6.49. The second-order valence-electron chi connectivity index (χ2n) is 7.35. The van der Waals surface area contributed by atoms with Crippen LogP contribution in [-0.2, 0) is 14.3 Å². The number of anilines is 1. The summed E-state index contributed by atoms with van der Waals surface area (Å²) in [4.78, 5) is 27.6. The number of imide groups is 1. The maximum Gasteiger partial charge on any atom is 0.278 e. The quantitative estimate of drug-likeness (QED) is 0.539. The fourth-order valence-electron chi connectivity index (χ4n) is 3.32. The van der Waals surface area contributed by atoms with E-state index in [2.05, 4.69) is 5.32 Å². The third-order valence-corrected chi connectivity index (χ3v) is 5.16. The molecular formula is C24H28N2O3. The molecule has 0 spiro atoms. The minimum absolute atomic E-state index is 0.262. The van der Waals surface area contributed by atoms with Crippen molar-refractivity contribution in [2.75, 3.05) is 25.1 Å². The highest BCUT2D eigenvalue weighted by Gasteiger charge is 2.38. The number of hydrogen-bond donors (Lipinski definition) is 1. The van der Waals surface area contributed by atoms with E-state index in [0.717, 1.165) is 22.4 Å². The number of hydrogen-bond acceptors (Lipinski definition) is 4. The molecule has 0 saturated carbocycles. The fraction of sp³-hybridized carbons (Fsp3) is 0.333. The zero-order valence-electron chi connectivity index (χ0n) is 17.5. The maximum atomic E-state index is 13.2. The van der Waals surface area contributed by atoms with E-state index in [4.69, 9.17) is 4.74 Å². The summed E-state index contributed by atoms with van der Waals surface area (Å²) in [5.41, 5.74) is 5.69. The number of rotatable bonds is 8. The van der Waals surface area contributed by atoms with E-state index in [9.17, 15) is 9.59 Å². The van der Waals surface area contributed by atoms with Crippen LogP contribution < -0.4 is 5.32 Å². The van der Waals surface area contributed by atoms with Crippen LogP contribution >= 0.6 is 0 Å². The molecule has 3 rings (SSSR count). The minimum Gasteiger partial charge on any atom is -0.382 e. The predicted octanol–water partition coefficient (Wildman–Crippen LogP) is 4.23. The molecule has 0 radical (unpaired) electrons. The van der Waals surface area contributed by atoms with Crippen molar-refractivity contribution in [2.24, 2.45) is 0 Å². The molecule has 2 aromatic carbocycles. The lowest BCUT2D eigenvalue weighted by Crippen LogP contribution is -2.34. The first kappa shape index (κ1) is 20.8. The summed E-state index contributed by atoms with van der Waals surface area (Å²) in [5.74, 6) is -0.554. The molecule has 2 aromatic rings. The SMILES string of the molecule is CCOCCCN1C(=O)C(Nc2ccc(C)c(C)c2)=C(c2ccc(C)cc2)C1=O. The molecule has 152 valence electrons. The zero-order valence-corrected chi connectivity index (χ0v) is 17.5. The van der Waals surface area contributed by atoms with Gasteiger partial charge in [0.25, 0.3) is 11.8 Å². The second kappa shape index (κ2) is 9.05. The molecule has 1 N–H and O–H groups in total. The van der Waals surface area contributed by atoms with Crippen LogP contribution in [0, 0.1) is 20.8 Å². The van der Waals surface area contributed by atoms with E-state index < -0.39 is 0 Å². The highest BCUT2D eigenvalue weighted by Crippen LogP contribution is 2.31. The molecule has 5 nitrogen and oxygen atoms in total. The van der Waals surface area contributed by atoms with E-state index in [0.29, 0.717) is 37.4 Å². The zero-order chi connectivity index (χ0) is 21.0. The molecule has 0 aromatic heterocycles. The van der Waals surface area contributed by atoms with E-state index in [-0.39, 0.29) is 11.8 Å². The van der Waals surface area contributed by atoms with Crippen LogP contribution in [0.3, 0.4) is 0 Å². The molecule has 0 bridgehead atoms. The van der Waals surface area contributed by atoms with Crippen LogP contribution in [0.15, 0.2) is 48.2 Å². The van der Waals surface area contributed by atoms with Gasteiger partial charge in [-0.25, -0.2) is 0 Å². The molecular weight excluding hydrogens is 364 g/mol. The summed E-state index contributed by atoms with van der Waals surface area (Å²) in [6, 6.07) is 13.6. The Morgan fingerprint density at radius 1 is 0.931 bits per heavy atom. The van der Waals surface area contributed by atoms with E-state index in [1.807, 2.05) is 70.2 Å². The van der Waals surface area contributed by atoms with Crippen molar-refractivity contribution in [3.8, 4) is 0 Å². The van der Waals surface area contributed by atoms with Gasteiger partial charge in [-0.2, -0.15) is 0 Å². The Labute approximate surface area is 172 Å². The van der Waals surface area contributed by atoms with Crippen LogP contribution in [0.4, 0.5) is 5.69 Å². The lowest BCUT2D eigenvalue weighted by atomic mass is 10.0. The van der Waals surface area contributed by atoms with Gasteiger partial charge >= 0.3 is 0 Å². The lowest BCUT2D eigenvalue weighted by Gasteiger charge is -2.15. The van der Waals surface area contributed by atoms with Gasteiger partial charge in [0.1, 0.15) is 5.70 Å². The van der Waals surface area contributed by atoms with Crippen molar-refractivity contribution in [3.63, 3.8) is 0 Å². The van der Waals surface area contributed by atoms with Crippen LogP contribution in [0.5, 0.6) is 0 Å². The van der Waals surface area contributed by atoms with Crippen molar-refractivity contribution < 1.29 is 14.3 Å². The summed E-state index contributed by atoms with van der Waals surface area (Å²) in [7, 11) is 0. The lowest BCUT2D eigenvalue weighted by molar-refractivity contribution is -0.137. The average molecular weight is 392 g/mol. The smallest absolute Gasteiger partial charge is 0.278 e. The molecule has 0 aliphatic carbocycles. The molecule has 0 fully saturated rings. The minimum atomic E-state index is -0.291. The van der Waals surface area contributed by atoms with Crippen LogP contribution in [-0.4, -0.2) is 36.5 Å². The molecule has 1 aliphatic heterocycles. The van der Waals surface area contributed by atoms with Gasteiger partial charge in [0.05, 0.1) is 5.57 Å². The van der Waals surface area contributed by atoms with Crippen molar-refractivity contribution in [3.05, 3.63) is 70.4 Å². The van der Waals surface area contributed by atoms with E-state index in [1.54, 1.807) is 0 Å². The third kappa shape index (κ3) is 4.57. The van der Waals surface area contributed by atoms with Gasteiger partial charge in [-0.3, -0.25) is 14.5 Å². The second-order valence-corrected chi connectivity index (χ2v) is 7.35. The number of carbonyl (C=O) groups excluding carboxylic acids is 2. The number of carbonyl (C=O) groups is 2. The first-order chi connectivity index (χ1) is 13.9. The van der Waals surface area contributed by atoms with E-state index in [1.165, 1.54) is 10.5 Å². The Hall–Kier alpha value is -2.92. The Morgan fingerprint density at radius 3 is 2.31 bits per heavy atom. The summed E-state index contributed by atoms with van der Waals surface area (Å²) in [6.07, 6.45) is 0.615. The Bertz CT molecular complexity index is 945. The summed E-state index contributed by atoms with van der Waals surface area (Å²) in [5, 5.41) is 3.22. The Morgan fingerprint density at radius 2 is 1.66 bits per heavy atom. The highest BCUT2D eigenvalue weighted by atomic mass is 16.5. The summed E-state index contributed by atoms with van der Waals surface area (Å²) < 4.78 is 5.36. The Balaban J connectivity index is 1.95. The largest absolute Gasteiger partial charge is 0.382 e. The molecule has 0 atom stereocenters. The van der Waals surface area contributed by atoms with Crippen LogP contribution in [0.25, 0.3) is 5.57 Å². The van der Waals surface area contributed by atoms with Crippen molar-refractivity contribution in [1.82, 2.24) is 4.90 Å². The molecule has 2 amide bonds. The van der Waals surface area contributed by atoms with Gasteiger partial charge in [0, 0.05) is 25.4 Å². The number of ether oxygens (including phenoxy) is 1. The third-order valence-electron chi connectivity index (χ3n) is 5.16. The topological polar surface area (TPSA) is 58.6 Å². The molecule has 5 heteroatoms. The number of benzene rings is 2. The maximum absolute atomic E-state index is 13.2. The first-order valence-corrected chi connectivity index (χ1v) is 10.0. The molecule has 1 heterocycles. The number of amides is 2. The van der Waals surface area contributed by atoms with Gasteiger partial charge in [-0.1, -0.05) is 35.9 Å². The van der Waals surface area contributed by atoms with E-state index >= 15 is 0 Å². The monoisotopic (exact) mass is 392 g/mol. The number of nitrogens with one attached hydrogen (secondary N) is 1. The van der Waals surface area contributed by atoms with Gasteiger partial charge < -0.3 is 10.1 Å². The number of nitrogens with zero attached hydrogens (tertiary/aromatic N) is 1. The first-order valence-electron chi connectivity index (χ1n) is 10.0. The van der Waals surface area contributed by atoms with Gasteiger partial charge in [-0.15, -0.1) is 0 Å². The van der Waals surface area contributed by atoms with Crippen molar-refractivity contribution in [1.29, 1.82) is 0 Å². The molecule has 1 aliphatic rings. The molecule has 0 saturated heterocycles. The van der Waals surface area contributed by atoms with Gasteiger partial charge in [0.2, 0.25) is 0 Å². The van der Waals surface area contributed by atoms with Crippen molar-refractivity contribution >= 4 is 23.1 Å². The predicted molar refractivity (Wildman–Crippen MR) is 115 cm³/mol.